The van der Waals surface area contributed by atoms with Crippen molar-refractivity contribution in [3.63, 3.8) is 0 Å². The average Bonchev–Trinajstić information content (AvgIpc) is 3.71. The van der Waals surface area contributed by atoms with Crippen molar-refractivity contribution in [2.75, 3.05) is 0 Å². The van der Waals surface area contributed by atoms with Gasteiger partial charge in [-0.1, -0.05) is 6.07 Å². The summed E-state index contributed by atoms with van der Waals surface area (Å²) >= 11 is 0. The van der Waals surface area contributed by atoms with Gasteiger partial charge in [-0.3, -0.25) is 30.2 Å². The fraction of sp³-hybridized carbons (Fsp3) is 0.182. The van der Waals surface area contributed by atoms with Crippen LogP contribution in [0.4, 0.5) is 11.4 Å². The molecule has 0 saturated heterocycles. The maximum absolute atomic E-state index is 11.1. The zero-order valence-electron chi connectivity index (χ0n) is 22.6. The zero-order valence-corrected chi connectivity index (χ0v) is 22.6. The van der Waals surface area contributed by atoms with Gasteiger partial charge in [0.1, 0.15) is 0 Å². The minimum absolute atomic E-state index is 0.0712. The molecule has 3 heterocycles. The van der Waals surface area contributed by atoms with Crippen molar-refractivity contribution in [2.45, 2.75) is 38.5 Å². The van der Waals surface area contributed by atoms with Crippen molar-refractivity contribution < 1.29 is 9.85 Å². The highest BCUT2D eigenvalue weighted by atomic mass is 16.6. The second-order valence-corrected chi connectivity index (χ2v) is 10.7. The zero-order chi connectivity index (χ0) is 28.8. The van der Waals surface area contributed by atoms with Crippen LogP contribution in [-0.4, -0.2) is 24.8 Å². The van der Waals surface area contributed by atoms with E-state index in [0.29, 0.717) is 0 Å². The molecule has 206 valence electrons. The first-order valence-electron chi connectivity index (χ1n) is 14.0. The summed E-state index contributed by atoms with van der Waals surface area (Å²) in [5.41, 5.74) is 12.2. The molecule has 2 aromatic carbocycles. The lowest BCUT2D eigenvalue weighted by Gasteiger charge is -2.15. The number of hydrogen-bond donors (Lipinski definition) is 0. The second kappa shape index (κ2) is 10.3. The number of aromatic nitrogens is 3. The lowest BCUT2D eigenvalue weighted by Crippen LogP contribution is -2.01. The molecule has 0 aliphatic heterocycles. The topological polar surface area (TPSA) is 125 Å². The van der Waals surface area contributed by atoms with Crippen LogP contribution in [0.1, 0.15) is 35.1 Å². The summed E-state index contributed by atoms with van der Waals surface area (Å²) in [4.78, 5) is 36.2. The van der Waals surface area contributed by atoms with Crippen LogP contribution in [0.2, 0.25) is 0 Å². The van der Waals surface area contributed by atoms with Gasteiger partial charge in [0.25, 0.3) is 11.4 Å². The molecule has 9 nitrogen and oxygen atoms in total. The fourth-order valence-corrected chi connectivity index (χ4v) is 6.34. The minimum atomic E-state index is -0.387. The Hall–Kier alpha value is -5.31. The van der Waals surface area contributed by atoms with Gasteiger partial charge in [-0.05, 0) is 108 Å². The van der Waals surface area contributed by atoms with E-state index < -0.39 is 0 Å². The second-order valence-electron chi connectivity index (χ2n) is 10.7. The Labute approximate surface area is 241 Å². The van der Waals surface area contributed by atoms with Gasteiger partial charge < -0.3 is 0 Å². The molecule has 0 amide bonds. The number of non-ortho nitro benzene ring substituents is 2. The third-order valence-corrected chi connectivity index (χ3v) is 8.32. The van der Waals surface area contributed by atoms with Crippen molar-refractivity contribution in [3.8, 4) is 45.0 Å². The molecule has 9 heteroatoms. The van der Waals surface area contributed by atoms with Gasteiger partial charge in [-0.15, -0.1) is 0 Å². The first kappa shape index (κ1) is 25.6. The normalized spacial score (nSPS) is 13.5. The Bertz CT molecular complexity index is 1750. The molecular weight excluding hydrogens is 530 g/mol. The van der Waals surface area contributed by atoms with Crippen LogP contribution in [0.15, 0.2) is 79.1 Å². The molecule has 0 unspecified atom stereocenters. The SMILES string of the molecule is O=[N+]([O-])c1ccc(-c2cnc(-c3cccc(-c4ncc(-c5ccc([N+](=O)[O-])cc5)c5c4CCC5)n3)c3c2CCC3)cc1. The van der Waals surface area contributed by atoms with E-state index >= 15 is 0 Å². The number of nitrogens with zero attached hydrogens (tertiary/aromatic N) is 5. The third kappa shape index (κ3) is 4.39. The molecule has 0 spiro atoms. The van der Waals surface area contributed by atoms with E-state index in [9.17, 15) is 20.2 Å². The van der Waals surface area contributed by atoms with Crippen molar-refractivity contribution in [1.82, 2.24) is 15.0 Å². The van der Waals surface area contributed by atoms with E-state index in [1.54, 1.807) is 24.3 Å². The Kier molecular flexibility index (Phi) is 6.27. The molecule has 42 heavy (non-hydrogen) atoms. The van der Waals surface area contributed by atoms with Crippen molar-refractivity contribution in [1.29, 1.82) is 0 Å². The molecule has 2 aliphatic rings. The van der Waals surface area contributed by atoms with Gasteiger partial charge in [0.05, 0.1) is 32.6 Å². The van der Waals surface area contributed by atoms with Crippen molar-refractivity contribution in [3.05, 3.63) is 122 Å². The molecule has 3 aromatic heterocycles. The monoisotopic (exact) mass is 555 g/mol. The Morgan fingerprint density at radius 1 is 0.548 bits per heavy atom. The van der Waals surface area contributed by atoms with Crippen LogP contribution in [0.5, 0.6) is 0 Å². The number of rotatable bonds is 6. The Morgan fingerprint density at radius 2 is 0.952 bits per heavy atom. The highest BCUT2D eigenvalue weighted by molar-refractivity contribution is 5.77. The number of pyridine rings is 3. The summed E-state index contributed by atoms with van der Waals surface area (Å²) in [6.07, 6.45) is 9.43. The number of nitro groups is 2. The van der Waals surface area contributed by atoms with Crippen molar-refractivity contribution >= 4 is 11.4 Å². The van der Waals surface area contributed by atoms with Gasteiger partial charge in [0.2, 0.25) is 0 Å². The quantitative estimate of drug-likeness (QED) is 0.159. The fourth-order valence-electron chi connectivity index (χ4n) is 6.34. The number of benzene rings is 2. The molecule has 7 rings (SSSR count). The minimum Gasteiger partial charge on any atom is -0.258 e. The van der Waals surface area contributed by atoms with E-state index in [0.717, 1.165) is 83.6 Å². The lowest BCUT2D eigenvalue weighted by molar-refractivity contribution is -0.385. The van der Waals surface area contributed by atoms with Crippen LogP contribution < -0.4 is 0 Å². The number of fused-ring (bicyclic) bond motifs is 2. The number of nitro benzene ring substituents is 2. The summed E-state index contributed by atoms with van der Waals surface area (Å²) in [6, 6.07) is 19.3. The maximum atomic E-state index is 11.1. The Morgan fingerprint density at radius 3 is 1.36 bits per heavy atom. The first-order chi connectivity index (χ1) is 20.5. The predicted octanol–water partition coefficient (Wildman–Crippen LogP) is 7.33. The molecule has 5 aromatic rings. The molecule has 0 saturated carbocycles. The van der Waals surface area contributed by atoms with E-state index in [2.05, 4.69) is 0 Å². The van der Waals surface area contributed by atoms with Gasteiger partial charge in [-0.2, -0.15) is 0 Å². The van der Waals surface area contributed by atoms with E-state index in [1.165, 1.54) is 46.5 Å². The van der Waals surface area contributed by atoms with Gasteiger partial charge >= 0.3 is 0 Å². The summed E-state index contributed by atoms with van der Waals surface area (Å²) in [5, 5.41) is 22.2. The summed E-state index contributed by atoms with van der Waals surface area (Å²) in [6.45, 7) is 0. The average molecular weight is 556 g/mol. The first-order valence-corrected chi connectivity index (χ1v) is 14.0. The van der Waals surface area contributed by atoms with Crippen LogP contribution in [-0.2, 0) is 25.7 Å². The van der Waals surface area contributed by atoms with Crippen LogP contribution in [0, 0.1) is 20.2 Å². The largest absolute Gasteiger partial charge is 0.269 e. The van der Waals surface area contributed by atoms with Gasteiger partial charge in [0.15, 0.2) is 0 Å². The van der Waals surface area contributed by atoms with Crippen LogP contribution in [0.3, 0.4) is 0 Å². The number of hydrogen-bond acceptors (Lipinski definition) is 7. The smallest absolute Gasteiger partial charge is 0.258 e. The molecule has 0 bridgehead atoms. The molecule has 2 aliphatic carbocycles. The molecule has 0 atom stereocenters. The lowest BCUT2D eigenvalue weighted by atomic mass is 9.96. The van der Waals surface area contributed by atoms with Gasteiger partial charge in [-0.25, -0.2) is 4.98 Å². The van der Waals surface area contributed by atoms with E-state index in [4.69, 9.17) is 15.0 Å². The van der Waals surface area contributed by atoms with E-state index in [1.807, 2.05) is 30.6 Å². The summed E-state index contributed by atoms with van der Waals surface area (Å²) in [5.74, 6) is 0. The molecule has 0 radical (unpaired) electrons. The summed E-state index contributed by atoms with van der Waals surface area (Å²) < 4.78 is 0. The standard InChI is InChI=1S/C33H25N5O4/c39-37(40)22-14-10-20(11-15-22)28-18-34-32(26-6-1-4-24(26)28)30-8-3-9-31(36-30)33-27-7-2-5-25(27)29(19-35-33)21-12-16-23(17-13-21)38(41)42/h3,8-19H,1-2,4-7H2. The third-order valence-electron chi connectivity index (χ3n) is 8.32. The van der Waals surface area contributed by atoms with Crippen molar-refractivity contribution in [2.24, 2.45) is 0 Å². The van der Waals surface area contributed by atoms with Gasteiger partial charge in [0, 0.05) is 47.8 Å². The van der Waals surface area contributed by atoms with E-state index in [-0.39, 0.29) is 21.2 Å². The highest BCUT2D eigenvalue weighted by Crippen LogP contribution is 2.40. The predicted molar refractivity (Wildman–Crippen MR) is 159 cm³/mol. The molecule has 0 fully saturated rings. The molecule has 0 N–H and O–H groups in total. The highest BCUT2D eigenvalue weighted by Gasteiger charge is 2.25. The van der Waals surface area contributed by atoms with Crippen LogP contribution >= 0.6 is 0 Å². The maximum Gasteiger partial charge on any atom is 0.269 e. The Balaban J connectivity index is 1.26. The summed E-state index contributed by atoms with van der Waals surface area (Å²) in [7, 11) is 0. The molecular formula is C33H25N5O4. The van der Waals surface area contributed by atoms with Crippen LogP contribution in [0.25, 0.3) is 45.0 Å².